The van der Waals surface area contributed by atoms with Crippen molar-refractivity contribution in [2.45, 2.75) is 30.3 Å². The zero-order valence-corrected chi connectivity index (χ0v) is 20.0. The molecule has 4 rings (SSSR count). The Morgan fingerprint density at radius 1 is 1.09 bits per heavy atom. The molecule has 2 aromatic carbocycles. The third kappa shape index (κ3) is 5.82. The van der Waals surface area contributed by atoms with Gasteiger partial charge in [-0.25, -0.2) is 0 Å². The summed E-state index contributed by atoms with van der Waals surface area (Å²) >= 11 is 1.60. The highest BCUT2D eigenvalue weighted by atomic mass is 32.2. The molecule has 0 spiro atoms. The molecule has 1 aliphatic rings. The van der Waals surface area contributed by atoms with Crippen molar-refractivity contribution >= 4 is 17.7 Å². The molecule has 0 radical (unpaired) electrons. The lowest BCUT2D eigenvalue weighted by atomic mass is 10.1. The van der Waals surface area contributed by atoms with Crippen molar-refractivity contribution < 1.29 is 14.3 Å². The van der Waals surface area contributed by atoms with Crippen LogP contribution in [0.4, 0.5) is 0 Å². The number of hydrogen-bond acceptors (Lipinski definition) is 6. The lowest BCUT2D eigenvalue weighted by Gasteiger charge is -2.27. The number of morpholine rings is 1. The van der Waals surface area contributed by atoms with E-state index in [9.17, 15) is 4.79 Å². The van der Waals surface area contributed by atoms with Gasteiger partial charge in [0.05, 0.1) is 25.9 Å². The first kappa shape index (κ1) is 23.5. The molecule has 0 saturated carbocycles. The molecule has 7 nitrogen and oxygen atoms in total. The fourth-order valence-electron chi connectivity index (χ4n) is 4.00. The summed E-state index contributed by atoms with van der Waals surface area (Å²) in [4.78, 5) is 15.0. The summed E-state index contributed by atoms with van der Waals surface area (Å²) in [6.45, 7) is 5.12. The molecule has 3 aromatic rings. The molecule has 0 aliphatic carbocycles. The molecule has 2 heterocycles. The highest BCUT2D eigenvalue weighted by Crippen LogP contribution is 2.28. The second kappa shape index (κ2) is 11.4. The number of hydrogen-bond donors (Lipinski definition) is 0. The molecule has 0 bridgehead atoms. The van der Waals surface area contributed by atoms with E-state index >= 15 is 0 Å². The van der Waals surface area contributed by atoms with Gasteiger partial charge in [0.1, 0.15) is 5.82 Å². The van der Waals surface area contributed by atoms with Crippen LogP contribution in [0.15, 0.2) is 59.8 Å². The smallest absolute Gasteiger partial charge is 0.254 e. The molecule has 174 valence electrons. The summed E-state index contributed by atoms with van der Waals surface area (Å²) in [7, 11) is 1.71. The van der Waals surface area contributed by atoms with Crippen LogP contribution < -0.4 is 0 Å². The zero-order valence-electron chi connectivity index (χ0n) is 19.1. The van der Waals surface area contributed by atoms with Crippen LogP contribution in [0.3, 0.4) is 0 Å². The van der Waals surface area contributed by atoms with Crippen molar-refractivity contribution in [2.24, 2.45) is 0 Å². The summed E-state index contributed by atoms with van der Waals surface area (Å²) in [5.74, 6) is 1.61. The number of aromatic nitrogens is 3. The maximum Gasteiger partial charge on any atom is 0.254 e. The van der Waals surface area contributed by atoms with E-state index in [-0.39, 0.29) is 11.9 Å². The van der Waals surface area contributed by atoms with Gasteiger partial charge < -0.3 is 18.9 Å². The Morgan fingerprint density at radius 3 is 2.58 bits per heavy atom. The van der Waals surface area contributed by atoms with E-state index in [4.69, 9.17) is 9.47 Å². The minimum Gasteiger partial charge on any atom is -0.383 e. The van der Waals surface area contributed by atoms with Gasteiger partial charge in [-0.3, -0.25) is 4.79 Å². The van der Waals surface area contributed by atoms with E-state index in [1.54, 1.807) is 18.9 Å². The highest BCUT2D eigenvalue weighted by Gasteiger charge is 2.22. The topological polar surface area (TPSA) is 69.5 Å². The fourth-order valence-corrected chi connectivity index (χ4v) is 5.06. The highest BCUT2D eigenvalue weighted by molar-refractivity contribution is 7.98. The molecule has 1 aliphatic heterocycles. The minimum atomic E-state index is 0.0634. The molecule has 1 fully saturated rings. The number of benzene rings is 2. The van der Waals surface area contributed by atoms with E-state index < -0.39 is 0 Å². The Balaban J connectivity index is 1.54. The van der Waals surface area contributed by atoms with Crippen molar-refractivity contribution in [3.8, 4) is 0 Å². The molecule has 8 heteroatoms. The number of nitrogens with zero attached hydrogens (tertiary/aromatic N) is 4. The molecular formula is C25H30N4O3S. The molecular weight excluding hydrogens is 436 g/mol. The van der Waals surface area contributed by atoms with Crippen LogP contribution >= 0.6 is 11.8 Å². The van der Waals surface area contributed by atoms with E-state index in [0.29, 0.717) is 45.1 Å². The van der Waals surface area contributed by atoms with Gasteiger partial charge >= 0.3 is 0 Å². The van der Waals surface area contributed by atoms with Gasteiger partial charge in [-0.1, -0.05) is 60.3 Å². The van der Waals surface area contributed by atoms with Crippen LogP contribution in [-0.2, 0) is 21.6 Å². The normalized spacial score (nSPS) is 14.9. The van der Waals surface area contributed by atoms with Gasteiger partial charge in [0.25, 0.3) is 5.91 Å². The Hall–Kier alpha value is -2.68. The SMILES string of the molecule is COC[C@@H](C)n1c(Cc2ccccc2)nnc1SCc1ccccc1C(=O)N1CCOCC1. The first-order chi connectivity index (χ1) is 16.2. The molecule has 1 amide bonds. The largest absolute Gasteiger partial charge is 0.383 e. The van der Waals surface area contributed by atoms with Gasteiger partial charge in [0, 0.05) is 37.9 Å². The lowest BCUT2D eigenvalue weighted by molar-refractivity contribution is 0.0302. The monoisotopic (exact) mass is 466 g/mol. The number of methoxy groups -OCH3 is 1. The standard InChI is InChI=1S/C25H30N4O3S/c1-19(17-31-2)29-23(16-20-8-4-3-5-9-20)26-27-25(29)33-18-21-10-6-7-11-22(21)24(30)28-12-14-32-15-13-28/h3-11,19H,12-18H2,1-2H3/t19-/m1/s1. The lowest BCUT2D eigenvalue weighted by Crippen LogP contribution is -2.41. The van der Waals surface area contributed by atoms with Crippen molar-refractivity contribution in [1.29, 1.82) is 0 Å². The number of amides is 1. The Kier molecular flexibility index (Phi) is 8.15. The number of ether oxygens (including phenoxy) is 2. The maximum absolute atomic E-state index is 13.1. The van der Waals surface area contributed by atoms with Gasteiger partial charge in [-0.05, 0) is 24.1 Å². The zero-order chi connectivity index (χ0) is 23.0. The van der Waals surface area contributed by atoms with Crippen LogP contribution in [0, 0.1) is 0 Å². The molecule has 33 heavy (non-hydrogen) atoms. The van der Waals surface area contributed by atoms with Gasteiger partial charge in [-0.15, -0.1) is 10.2 Å². The van der Waals surface area contributed by atoms with Crippen molar-refractivity contribution in [2.75, 3.05) is 40.0 Å². The average molecular weight is 467 g/mol. The van der Waals surface area contributed by atoms with Gasteiger partial charge in [0.15, 0.2) is 5.16 Å². The van der Waals surface area contributed by atoms with Crippen LogP contribution in [0.25, 0.3) is 0 Å². The van der Waals surface area contributed by atoms with Crippen LogP contribution in [0.5, 0.6) is 0 Å². The van der Waals surface area contributed by atoms with Crippen LogP contribution in [0.2, 0.25) is 0 Å². The third-order valence-electron chi connectivity index (χ3n) is 5.69. The predicted molar refractivity (Wildman–Crippen MR) is 129 cm³/mol. The Bertz CT molecular complexity index is 1050. The predicted octanol–water partition coefficient (Wildman–Crippen LogP) is 3.84. The minimum absolute atomic E-state index is 0.0634. The van der Waals surface area contributed by atoms with Crippen molar-refractivity contribution in [3.63, 3.8) is 0 Å². The van der Waals surface area contributed by atoms with Gasteiger partial charge in [0.2, 0.25) is 0 Å². The molecule has 1 aromatic heterocycles. The quantitative estimate of drug-likeness (QED) is 0.446. The summed E-state index contributed by atoms with van der Waals surface area (Å²) in [6, 6.07) is 18.2. The second-order valence-corrected chi connectivity index (χ2v) is 9.03. The summed E-state index contributed by atoms with van der Waals surface area (Å²) in [5, 5.41) is 9.84. The molecule has 0 unspecified atom stereocenters. The number of rotatable bonds is 9. The Labute approximate surface area is 199 Å². The molecule has 1 saturated heterocycles. The average Bonchev–Trinajstić information content (AvgIpc) is 3.26. The number of carbonyl (C=O) groups excluding carboxylic acids is 1. The van der Waals surface area contributed by atoms with Crippen molar-refractivity contribution in [1.82, 2.24) is 19.7 Å². The molecule has 1 atom stereocenters. The maximum atomic E-state index is 13.1. The number of thioether (sulfide) groups is 1. The first-order valence-corrected chi connectivity index (χ1v) is 12.2. The fraction of sp³-hybridized carbons (Fsp3) is 0.400. The second-order valence-electron chi connectivity index (χ2n) is 8.09. The molecule has 0 N–H and O–H groups in total. The Morgan fingerprint density at radius 2 is 1.82 bits per heavy atom. The first-order valence-electron chi connectivity index (χ1n) is 11.2. The van der Waals surface area contributed by atoms with E-state index in [1.165, 1.54) is 5.56 Å². The van der Waals surface area contributed by atoms with E-state index in [0.717, 1.165) is 22.1 Å². The summed E-state index contributed by atoms with van der Waals surface area (Å²) in [6.07, 6.45) is 0.703. The van der Waals surface area contributed by atoms with Crippen molar-refractivity contribution in [3.05, 3.63) is 77.1 Å². The van der Waals surface area contributed by atoms with E-state index in [2.05, 4.69) is 33.8 Å². The van der Waals surface area contributed by atoms with E-state index in [1.807, 2.05) is 47.4 Å². The summed E-state index contributed by atoms with van der Waals surface area (Å²) < 4.78 is 13.0. The van der Waals surface area contributed by atoms with Crippen LogP contribution in [0.1, 0.15) is 40.3 Å². The van der Waals surface area contributed by atoms with Gasteiger partial charge in [-0.2, -0.15) is 0 Å². The van der Waals surface area contributed by atoms with Crippen LogP contribution in [-0.4, -0.2) is 65.6 Å². The number of carbonyl (C=O) groups is 1. The summed E-state index contributed by atoms with van der Waals surface area (Å²) in [5.41, 5.74) is 2.93. The third-order valence-corrected chi connectivity index (χ3v) is 6.68.